The standard InChI is InChI=1S/C23H25F3N4O2/c1-14(2)20-29-27-13-30(20)19-10-16(15-5-7-18(8-6-15)23(24,25)26)9-17(11-19)21(32)28-22(3,4)12-31/h5-11,13-14,31H,12H2,1-4H3,(H,28,32). The third kappa shape index (κ3) is 5.16. The van der Waals surface area contributed by atoms with E-state index in [9.17, 15) is 23.1 Å². The zero-order chi connectivity index (χ0) is 23.7. The molecule has 3 rings (SSSR count). The first kappa shape index (κ1) is 23.5. The summed E-state index contributed by atoms with van der Waals surface area (Å²) in [6.45, 7) is 7.02. The Hall–Kier alpha value is -3.20. The lowest BCUT2D eigenvalue weighted by atomic mass is 9.99. The van der Waals surface area contributed by atoms with E-state index in [0.29, 0.717) is 28.2 Å². The zero-order valence-corrected chi connectivity index (χ0v) is 18.2. The molecule has 9 heteroatoms. The van der Waals surface area contributed by atoms with E-state index in [-0.39, 0.29) is 12.5 Å². The van der Waals surface area contributed by atoms with Crippen molar-refractivity contribution in [3.63, 3.8) is 0 Å². The smallest absolute Gasteiger partial charge is 0.394 e. The molecule has 1 aromatic heterocycles. The molecule has 0 aliphatic rings. The minimum atomic E-state index is -4.43. The normalized spacial score (nSPS) is 12.3. The summed E-state index contributed by atoms with van der Waals surface area (Å²) in [5.74, 6) is 0.313. The fourth-order valence-electron chi connectivity index (χ4n) is 3.16. The summed E-state index contributed by atoms with van der Waals surface area (Å²) in [6.07, 6.45) is -2.91. The number of halogens is 3. The molecular formula is C23H25F3N4O2. The van der Waals surface area contributed by atoms with E-state index >= 15 is 0 Å². The Labute approximate surface area is 184 Å². The van der Waals surface area contributed by atoms with Gasteiger partial charge in [0.15, 0.2) is 0 Å². The number of aliphatic hydroxyl groups excluding tert-OH is 1. The highest BCUT2D eigenvalue weighted by molar-refractivity contribution is 5.96. The summed E-state index contributed by atoms with van der Waals surface area (Å²) in [5, 5.41) is 20.3. The maximum atomic E-state index is 13.0. The van der Waals surface area contributed by atoms with Crippen LogP contribution in [0.4, 0.5) is 13.2 Å². The summed E-state index contributed by atoms with van der Waals surface area (Å²) in [7, 11) is 0. The van der Waals surface area contributed by atoms with E-state index in [0.717, 1.165) is 12.1 Å². The average molecular weight is 446 g/mol. The molecule has 6 nitrogen and oxygen atoms in total. The number of hydrogen-bond donors (Lipinski definition) is 2. The second-order valence-electron chi connectivity index (χ2n) is 8.55. The Morgan fingerprint density at radius 3 is 2.31 bits per heavy atom. The van der Waals surface area contributed by atoms with Crippen LogP contribution in [0.15, 0.2) is 48.8 Å². The number of aromatic nitrogens is 3. The van der Waals surface area contributed by atoms with Gasteiger partial charge in [0.25, 0.3) is 5.91 Å². The van der Waals surface area contributed by atoms with E-state index in [4.69, 9.17) is 0 Å². The quantitative estimate of drug-likeness (QED) is 0.581. The van der Waals surface area contributed by atoms with Gasteiger partial charge in [-0.05, 0) is 55.3 Å². The molecule has 0 radical (unpaired) electrons. The largest absolute Gasteiger partial charge is 0.416 e. The van der Waals surface area contributed by atoms with Crippen LogP contribution in [0, 0.1) is 0 Å². The molecule has 1 amide bonds. The number of carbonyl (C=O) groups excluding carboxylic acids is 1. The van der Waals surface area contributed by atoms with Crippen molar-refractivity contribution in [3.8, 4) is 16.8 Å². The van der Waals surface area contributed by atoms with Crippen LogP contribution in [-0.2, 0) is 6.18 Å². The summed E-state index contributed by atoms with van der Waals surface area (Å²) in [6, 6.07) is 9.79. The molecule has 0 saturated heterocycles. The first-order chi connectivity index (χ1) is 14.9. The Morgan fingerprint density at radius 2 is 1.75 bits per heavy atom. The fourth-order valence-corrected chi connectivity index (χ4v) is 3.16. The highest BCUT2D eigenvalue weighted by Gasteiger charge is 2.30. The Kier molecular flexibility index (Phi) is 6.41. The predicted octanol–water partition coefficient (Wildman–Crippen LogP) is 4.58. The number of nitrogens with zero attached hydrogens (tertiary/aromatic N) is 3. The number of hydrogen-bond acceptors (Lipinski definition) is 4. The molecule has 2 aromatic carbocycles. The number of rotatable bonds is 6. The van der Waals surface area contributed by atoms with Gasteiger partial charge in [-0.1, -0.05) is 26.0 Å². The van der Waals surface area contributed by atoms with Crippen molar-refractivity contribution in [3.05, 3.63) is 65.7 Å². The van der Waals surface area contributed by atoms with Crippen LogP contribution in [0.5, 0.6) is 0 Å². The fraction of sp³-hybridized carbons (Fsp3) is 0.348. The third-order valence-corrected chi connectivity index (χ3v) is 4.94. The van der Waals surface area contributed by atoms with Crippen LogP contribution in [0.2, 0.25) is 0 Å². The number of nitrogens with one attached hydrogen (secondary N) is 1. The predicted molar refractivity (Wildman–Crippen MR) is 115 cm³/mol. The van der Waals surface area contributed by atoms with Crippen LogP contribution >= 0.6 is 0 Å². The SMILES string of the molecule is CC(C)c1nncn1-c1cc(C(=O)NC(C)(C)CO)cc(-c2ccc(C(F)(F)F)cc2)c1. The Bertz CT molecular complexity index is 1100. The highest BCUT2D eigenvalue weighted by atomic mass is 19.4. The second-order valence-corrected chi connectivity index (χ2v) is 8.55. The van der Waals surface area contributed by atoms with Gasteiger partial charge >= 0.3 is 6.18 Å². The summed E-state index contributed by atoms with van der Waals surface area (Å²) < 4.78 is 40.6. The maximum Gasteiger partial charge on any atom is 0.416 e. The first-order valence-corrected chi connectivity index (χ1v) is 10.1. The van der Waals surface area contributed by atoms with Gasteiger partial charge < -0.3 is 10.4 Å². The van der Waals surface area contributed by atoms with Gasteiger partial charge in [0.2, 0.25) is 0 Å². The van der Waals surface area contributed by atoms with Crippen molar-refractivity contribution in [1.29, 1.82) is 0 Å². The van der Waals surface area contributed by atoms with E-state index < -0.39 is 23.2 Å². The number of amides is 1. The van der Waals surface area contributed by atoms with Gasteiger partial charge in [0.1, 0.15) is 12.2 Å². The average Bonchev–Trinajstić information content (AvgIpc) is 3.23. The van der Waals surface area contributed by atoms with Crippen molar-refractivity contribution in [2.75, 3.05) is 6.61 Å². The summed E-state index contributed by atoms with van der Waals surface area (Å²) in [4.78, 5) is 12.9. The molecular weight excluding hydrogens is 421 g/mol. The first-order valence-electron chi connectivity index (χ1n) is 10.1. The van der Waals surface area contributed by atoms with Gasteiger partial charge in [-0.3, -0.25) is 9.36 Å². The van der Waals surface area contributed by atoms with Gasteiger partial charge in [0.05, 0.1) is 17.7 Å². The van der Waals surface area contributed by atoms with Crippen LogP contribution < -0.4 is 5.32 Å². The molecule has 0 spiro atoms. The van der Waals surface area contributed by atoms with Gasteiger partial charge in [-0.15, -0.1) is 10.2 Å². The van der Waals surface area contributed by atoms with E-state index in [1.54, 1.807) is 36.6 Å². The molecule has 0 bridgehead atoms. The van der Waals surface area contributed by atoms with Crippen LogP contribution in [-0.4, -0.2) is 37.9 Å². The molecule has 3 aromatic rings. The highest BCUT2D eigenvalue weighted by Crippen LogP contribution is 2.32. The molecule has 32 heavy (non-hydrogen) atoms. The minimum Gasteiger partial charge on any atom is -0.394 e. The molecule has 170 valence electrons. The topological polar surface area (TPSA) is 80.0 Å². The lowest BCUT2D eigenvalue weighted by molar-refractivity contribution is -0.137. The third-order valence-electron chi connectivity index (χ3n) is 4.94. The number of alkyl halides is 3. The Morgan fingerprint density at radius 1 is 1.09 bits per heavy atom. The molecule has 0 aliphatic carbocycles. The molecule has 0 fully saturated rings. The monoisotopic (exact) mass is 446 g/mol. The zero-order valence-electron chi connectivity index (χ0n) is 18.2. The van der Waals surface area contributed by atoms with Crippen molar-refractivity contribution in [2.45, 2.75) is 45.3 Å². The van der Waals surface area contributed by atoms with Crippen molar-refractivity contribution >= 4 is 5.91 Å². The van der Waals surface area contributed by atoms with Crippen molar-refractivity contribution in [2.24, 2.45) is 0 Å². The van der Waals surface area contributed by atoms with E-state index in [1.807, 2.05) is 13.8 Å². The summed E-state index contributed by atoms with van der Waals surface area (Å²) >= 11 is 0. The minimum absolute atomic E-state index is 0.0535. The molecule has 2 N–H and O–H groups in total. The number of aliphatic hydroxyl groups is 1. The maximum absolute atomic E-state index is 13.0. The van der Waals surface area contributed by atoms with Gasteiger partial charge in [0, 0.05) is 17.2 Å². The summed E-state index contributed by atoms with van der Waals surface area (Å²) in [5.41, 5.74) is 0.383. The lowest BCUT2D eigenvalue weighted by Crippen LogP contribution is -2.46. The van der Waals surface area contributed by atoms with Crippen molar-refractivity contribution < 1.29 is 23.1 Å². The molecule has 0 aliphatic heterocycles. The van der Waals surface area contributed by atoms with Gasteiger partial charge in [-0.2, -0.15) is 13.2 Å². The van der Waals surface area contributed by atoms with Crippen LogP contribution in [0.25, 0.3) is 16.8 Å². The van der Waals surface area contributed by atoms with E-state index in [2.05, 4.69) is 15.5 Å². The van der Waals surface area contributed by atoms with Crippen molar-refractivity contribution in [1.82, 2.24) is 20.1 Å². The molecule has 0 atom stereocenters. The molecule has 0 saturated carbocycles. The van der Waals surface area contributed by atoms with Crippen LogP contribution in [0.3, 0.4) is 0 Å². The Balaban J connectivity index is 2.12. The lowest BCUT2D eigenvalue weighted by Gasteiger charge is -2.24. The molecule has 1 heterocycles. The van der Waals surface area contributed by atoms with E-state index in [1.165, 1.54) is 18.5 Å². The second kappa shape index (κ2) is 8.74. The molecule has 0 unspecified atom stereocenters. The van der Waals surface area contributed by atoms with Gasteiger partial charge in [-0.25, -0.2) is 0 Å². The number of benzene rings is 2. The number of carbonyl (C=O) groups is 1. The van der Waals surface area contributed by atoms with Crippen LogP contribution in [0.1, 0.15) is 55.4 Å².